The molecule has 0 fully saturated rings. The normalized spacial score (nSPS) is 12.9. The van der Waals surface area contributed by atoms with Crippen molar-refractivity contribution in [2.45, 2.75) is 17.9 Å². The number of hydrogen-bond donors (Lipinski definition) is 1. The molecule has 1 aromatic rings. The lowest BCUT2D eigenvalue weighted by molar-refractivity contribution is 0.220. The number of rotatable bonds is 3. The van der Waals surface area contributed by atoms with Crippen molar-refractivity contribution in [3.05, 3.63) is 30.1 Å². The summed E-state index contributed by atoms with van der Waals surface area (Å²) < 4.78 is 12.6. The summed E-state index contributed by atoms with van der Waals surface area (Å²) in [5, 5.41) is 8.97. The molecule has 0 aliphatic carbocycles. The Kier molecular flexibility index (Phi) is 3.56. The van der Waals surface area contributed by atoms with Gasteiger partial charge in [-0.15, -0.1) is 11.8 Å². The van der Waals surface area contributed by atoms with E-state index in [4.69, 9.17) is 5.11 Å². The van der Waals surface area contributed by atoms with Gasteiger partial charge in [0, 0.05) is 10.6 Å². The summed E-state index contributed by atoms with van der Waals surface area (Å²) in [6.07, 6.45) is -0.349. The molecule has 1 rings (SSSR count). The minimum atomic E-state index is -0.349. The Labute approximate surface area is 75.6 Å². The lowest BCUT2D eigenvalue weighted by Gasteiger charge is -2.03. The minimum absolute atomic E-state index is 0.231. The van der Waals surface area contributed by atoms with Crippen LogP contribution in [-0.2, 0) is 0 Å². The van der Waals surface area contributed by atoms with E-state index >= 15 is 0 Å². The number of aliphatic hydroxyl groups is 1. The van der Waals surface area contributed by atoms with Crippen LogP contribution in [0.25, 0.3) is 0 Å². The lowest BCUT2D eigenvalue weighted by Crippen LogP contribution is -2.02. The maximum absolute atomic E-state index is 12.6. The van der Waals surface area contributed by atoms with Gasteiger partial charge in [0.15, 0.2) is 0 Å². The smallest absolute Gasteiger partial charge is 0.124 e. The van der Waals surface area contributed by atoms with Crippen LogP contribution in [0.4, 0.5) is 4.39 Å². The molecule has 0 aliphatic rings. The van der Waals surface area contributed by atoms with Gasteiger partial charge in [0.2, 0.25) is 0 Å². The van der Waals surface area contributed by atoms with Gasteiger partial charge < -0.3 is 5.11 Å². The third kappa shape index (κ3) is 3.24. The molecule has 0 spiro atoms. The quantitative estimate of drug-likeness (QED) is 0.731. The minimum Gasteiger partial charge on any atom is -0.393 e. The van der Waals surface area contributed by atoms with Crippen LogP contribution < -0.4 is 0 Å². The molecular weight excluding hydrogens is 175 g/mol. The van der Waals surface area contributed by atoms with Crippen molar-refractivity contribution >= 4 is 11.8 Å². The van der Waals surface area contributed by atoms with Crippen molar-refractivity contribution in [3.8, 4) is 0 Å². The Morgan fingerprint density at radius 2 is 2.33 bits per heavy atom. The van der Waals surface area contributed by atoms with Crippen molar-refractivity contribution in [2.24, 2.45) is 0 Å². The molecule has 1 aromatic carbocycles. The van der Waals surface area contributed by atoms with Crippen LogP contribution in [0.5, 0.6) is 0 Å². The number of halogens is 1. The summed E-state index contributed by atoms with van der Waals surface area (Å²) in [6, 6.07) is 6.37. The van der Waals surface area contributed by atoms with E-state index in [2.05, 4.69) is 0 Å². The third-order valence-electron chi connectivity index (χ3n) is 1.29. The molecule has 66 valence electrons. The summed E-state index contributed by atoms with van der Waals surface area (Å²) in [6.45, 7) is 1.71. The van der Waals surface area contributed by atoms with Crippen molar-refractivity contribution < 1.29 is 9.50 Å². The van der Waals surface area contributed by atoms with E-state index in [1.807, 2.05) is 6.07 Å². The van der Waals surface area contributed by atoms with E-state index in [0.29, 0.717) is 5.75 Å². The molecule has 1 atom stereocenters. The zero-order chi connectivity index (χ0) is 8.97. The Bertz CT molecular complexity index is 250. The molecule has 1 nitrogen and oxygen atoms in total. The number of benzene rings is 1. The van der Waals surface area contributed by atoms with E-state index in [0.717, 1.165) is 4.90 Å². The maximum atomic E-state index is 12.6. The molecule has 0 heterocycles. The highest BCUT2D eigenvalue weighted by atomic mass is 32.2. The highest BCUT2D eigenvalue weighted by Gasteiger charge is 1.98. The largest absolute Gasteiger partial charge is 0.393 e. The molecule has 0 aliphatic heterocycles. The zero-order valence-corrected chi connectivity index (χ0v) is 7.64. The van der Waals surface area contributed by atoms with Crippen LogP contribution >= 0.6 is 11.8 Å². The molecular formula is C9H11FOS. The first-order valence-corrected chi connectivity index (χ1v) is 4.73. The fourth-order valence-corrected chi connectivity index (χ4v) is 1.58. The first kappa shape index (κ1) is 9.55. The summed E-state index contributed by atoms with van der Waals surface area (Å²) in [7, 11) is 0. The molecule has 3 heteroatoms. The van der Waals surface area contributed by atoms with Gasteiger partial charge in [-0.2, -0.15) is 0 Å². The molecule has 0 amide bonds. The SMILES string of the molecule is C[C@H](O)CSc1cccc(F)c1. The molecule has 0 aromatic heterocycles. The second-order valence-electron chi connectivity index (χ2n) is 2.62. The van der Waals surface area contributed by atoms with Gasteiger partial charge in [-0.05, 0) is 25.1 Å². The first-order chi connectivity index (χ1) is 5.68. The number of hydrogen-bond acceptors (Lipinski definition) is 2. The average Bonchev–Trinajstić information content (AvgIpc) is 2.01. The Balaban J connectivity index is 2.52. The average molecular weight is 186 g/mol. The van der Waals surface area contributed by atoms with Crippen LogP contribution in [0.2, 0.25) is 0 Å². The van der Waals surface area contributed by atoms with Crippen molar-refractivity contribution in [1.29, 1.82) is 0 Å². The van der Waals surface area contributed by atoms with Gasteiger partial charge in [0.25, 0.3) is 0 Å². The van der Waals surface area contributed by atoms with Crippen LogP contribution in [0.1, 0.15) is 6.92 Å². The summed E-state index contributed by atoms with van der Waals surface area (Å²) in [4.78, 5) is 0.857. The van der Waals surface area contributed by atoms with Gasteiger partial charge in [-0.3, -0.25) is 0 Å². The van der Waals surface area contributed by atoms with E-state index in [-0.39, 0.29) is 11.9 Å². The van der Waals surface area contributed by atoms with E-state index in [1.54, 1.807) is 13.0 Å². The summed E-state index contributed by atoms with van der Waals surface area (Å²) in [5.41, 5.74) is 0. The topological polar surface area (TPSA) is 20.2 Å². The standard InChI is InChI=1S/C9H11FOS/c1-7(11)6-12-9-4-2-3-8(10)5-9/h2-5,7,11H,6H2,1H3/t7-/m0/s1. The molecule has 0 unspecified atom stereocenters. The summed E-state index contributed by atoms with van der Waals surface area (Å²) >= 11 is 1.45. The Morgan fingerprint density at radius 3 is 2.92 bits per heavy atom. The van der Waals surface area contributed by atoms with Crippen molar-refractivity contribution in [3.63, 3.8) is 0 Å². The number of aliphatic hydroxyl groups excluding tert-OH is 1. The van der Waals surface area contributed by atoms with Gasteiger partial charge in [0.1, 0.15) is 5.82 Å². The Hall–Kier alpha value is -0.540. The van der Waals surface area contributed by atoms with E-state index in [1.165, 1.54) is 23.9 Å². The van der Waals surface area contributed by atoms with Gasteiger partial charge >= 0.3 is 0 Å². The predicted octanol–water partition coefficient (Wildman–Crippen LogP) is 2.30. The molecule has 0 saturated heterocycles. The highest BCUT2D eigenvalue weighted by Crippen LogP contribution is 2.19. The number of thioether (sulfide) groups is 1. The van der Waals surface area contributed by atoms with Gasteiger partial charge in [0.05, 0.1) is 6.10 Å². The predicted molar refractivity (Wildman–Crippen MR) is 48.8 cm³/mol. The first-order valence-electron chi connectivity index (χ1n) is 3.75. The monoisotopic (exact) mass is 186 g/mol. The van der Waals surface area contributed by atoms with Crippen LogP contribution in [-0.4, -0.2) is 17.0 Å². The van der Waals surface area contributed by atoms with Crippen LogP contribution in [0.15, 0.2) is 29.2 Å². The molecule has 12 heavy (non-hydrogen) atoms. The second-order valence-corrected chi connectivity index (χ2v) is 3.71. The maximum Gasteiger partial charge on any atom is 0.124 e. The van der Waals surface area contributed by atoms with Crippen LogP contribution in [0.3, 0.4) is 0 Å². The second kappa shape index (κ2) is 4.48. The zero-order valence-electron chi connectivity index (χ0n) is 6.83. The fraction of sp³-hybridized carbons (Fsp3) is 0.333. The van der Waals surface area contributed by atoms with Gasteiger partial charge in [-0.1, -0.05) is 6.07 Å². The summed E-state index contributed by atoms with van der Waals surface area (Å²) in [5.74, 6) is 0.370. The van der Waals surface area contributed by atoms with E-state index in [9.17, 15) is 4.39 Å². The molecule has 0 radical (unpaired) electrons. The van der Waals surface area contributed by atoms with Crippen molar-refractivity contribution in [1.82, 2.24) is 0 Å². The third-order valence-corrected chi connectivity index (χ3v) is 2.52. The van der Waals surface area contributed by atoms with Gasteiger partial charge in [-0.25, -0.2) is 4.39 Å². The fourth-order valence-electron chi connectivity index (χ4n) is 0.774. The lowest BCUT2D eigenvalue weighted by atomic mass is 10.4. The van der Waals surface area contributed by atoms with Crippen LogP contribution in [0, 0.1) is 5.82 Å². The Morgan fingerprint density at radius 1 is 1.58 bits per heavy atom. The highest BCUT2D eigenvalue weighted by molar-refractivity contribution is 7.99. The molecule has 1 N–H and O–H groups in total. The van der Waals surface area contributed by atoms with Crippen molar-refractivity contribution in [2.75, 3.05) is 5.75 Å². The molecule has 0 saturated carbocycles. The van der Waals surface area contributed by atoms with E-state index < -0.39 is 0 Å². The molecule has 0 bridgehead atoms.